The summed E-state index contributed by atoms with van der Waals surface area (Å²) in [6.45, 7) is 2.96. The van der Waals surface area contributed by atoms with E-state index in [0.717, 1.165) is 42.9 Å². The minimum atomic E-state index is 0.244. The van der Waals surface area contributed by atoms with Crippen molar-refractivity contribution in [3.05, 3.63) is 51.2 Å². The quantitative estimate of drug-likeness (QED) is 0.812. The van der Waals surface area contributed by atoms with Gasteiger partial charge in [0.25, 0.3) is 0 Å². The fraction of sp³-hybridized carbons (Fsp3) is 0.389. The van der Waals surface area contributed by atoms with Gasteiger partial charge in [0.1, 0.15) is 0 Å². The Balaban J connectivity index is 1.60. The van der Waals surface area contributed by atoms with Crippen LogP contribution in [0.2, 0.25) is 0 Å². The molecule has 23 heavy (non-hydrogen) atoms. The molecular formula is C18H21N3OS. The Hall–Kier alpha value is -1.69. The van der Waals surface area contributed by atoms with Gasteiger partial charge in [-0.2, -0.15) is 0 Å². The van der Waals surface area contributed by atoms with Gasteiger partial charge in [0, 0.05) is 34.3 Å². The molecule has 1 atom stereocenters. The topological polar surface area (TPSA) is 59.4 Å². The van der Waals surface area contributed by atoms with E-state index in [2.05, 4.69) is 33.8 Å². The number of nitrogens with one attached hydrogen (secondary N) is 2. The maximum atomic E-state index is 9.47. The van der Waals surface area contributed by atoms with Crippen LogP contribution < -0.4 is 5.32 Å². The third-order valence-electron chi connectivity index (χ3n) is 4.90. The summed E-state index contributed by atoms with van der Waals surface area (Å²) in [5.41, 5.74) is 4.94. The zero-order chi connectivity index (χ0) is 15.8. The van der Waals surface area contributed by atoms with E-state index >= 15 is 0 Å². The lowest BCUT2D eigenvalue weighted by molar-refractivity contribution is 0.153. The molecule has 5 heteroatoms. The Morgan fingerprint density at radius 1 is 1.30 bits per heavy atom. The minimum absolute atomic E-state index is 0.244. The van der Waals surface area contributed by atoms with E-state index in [1.165, 1.54) is 16.9 Å². The molecule has 0 radical (unpaired) electrons. The highest BCUT2D eigenvalue weighted by Gasteiger charge is 2.24. The van der Waals surface area contributed by atoms with Gasteiger partial charge in [0.15, 0.2) is 0 Å². The van der Waals surface area contributed by atoms with Gasteiger partial charge < -0.3 is 10.4 Å². The van der Waals surface area contributed by atoms with Crippen molar-refractivity contribution < 1.29 is 5.11 Å². The van der Waals surface area contributed by atoms with Crippen molar-refractivity contribution in [3.63, 3.8) is 0 Å². The zero-order valence-electron chi connectivity index (χ0n) is 13.0. The molecule has 3 N–H and O–H groups in total. The lowest BCUT2D eigenvalue weighted by Crippen LogP contribution is -2.31. The molecule has 0 amide bonds. The molecule has 4 rings (SSSR count). The van der Waals surface area contributed by atoms with E-state index in [9.17, 15) is 5.11 Å². The predicted octanol–water partition coefficient (Wildman–Crippen LogP) is 3.05. The van der Waals surface area contributed by atoms with E-state index < -0.39 is 0 Å². The number of likely N-dealkylation sites (tertiary alicyclic amines) is 1. The van der Waals surface area contributed by atoms with Crippen LogP contribution in [0.1, 0.15) is 34.4 Å². The second-order valence-corrected chi connectivity index (χ2v) is 7.32. The molecule has 1 fully saturated rings. The number of thiophene rings is 1. The minimum Gasteiger partial charge on any atom is -0.395 e. The molecule has 1 saturated heterocycles. The number of anilines is 1. The van der Waals surface area contributed by atoms with E-state index in [1.807, 2.05) is 6.07 Å². The lowest BCUT2D eigenvalue weighted by Gasteiger charge is -2.23. The summed E-state index contributed by atoms with van der Waals surface area (Å²) < 4.78 is 0. The zero-order valence-corrected chi connectivity index (χ0v) is 13.8. The van der Waals surface area contributed by atoms with Crippen molar-refractivity contribution in [1.29, 1.82) is 5.41 Å². The van der Waals surface area contributed by atoms with Gasteiger partial charge in [-0.1, -0.05) is 12.1 Å². The molecule has 2 aromatic rings. The smallest absolute Gasteiger partial charge is 0.0717 e. The van der Waals surface area contributed by atoms with Crippen molar-refractivity contribution in [3.8, 4) is 0 Å². The van der Waals surface area contributed by atoms with Gasteiger partial charge in [0.2, 0.25) is 0 Å². The molecule has 0 saturated carbocycles. The highest BCUT2D eigenvalue weighted by molar-refractivity contribution is 7.10. The van der Waals surface area contributed by atoms with Crippen LogP contribution in [0.5, 0.6) is 0 Å². The second kappa shape index (κ2) is 6.07. The Morgan fingerprint density at radius 2 is 2.22 bits per heavy atom. The molecule has 0 unspecified atom stereocenters. The monoisotopic (exact) mass is 327 g/mol. The van der Waals surface area contributed by atoms with Gasteiger partial charge in [-0.3, -0.25) is 10.3 Å². The summed E-state index contributed by atoms with van der Waals surface area (Å²) in [7, 11) is 0. The molecule has 0 spiro atoms. The Kier molecular flexibility index (Phi) is 3.93. The van der Waals surface area contributed by atoms with Crippen molar-refractivity contribution >= 4 is 22.7 Å². The Bertz CT molecular complexity index is 740. The van der Waals surface area contributed by atoms with Crippen LogP contribution in [0.4, 0.5) is 5.69 Å². The lowest BCUT2D eigenvalue weighted by atomic mass is 10.0. The third kappa shape index (κ3) is 2.69. The first kappa shape index (κ1) is 14.9. The maximum absolute atomic E-state index is 9.47. The van der Waals surface area contributed by atoms with Crippen LogP contribution in [0.3, 0.4) is 0 Å². The Labute approximate surface area is 140 Å². The van der Waals surface area contributed by atoms with Crippen LogP contribution in [-0.2, 0) is 13.1 Å². The number of hydrogen-bond acceptors (Lipinski definition) is 5. The fourth-order valence-corrected chi connectivity index (χ4v) is 4.44. The first-order valence-electron chi connectivity index (χ1n) is 8.13. The Morgan fingerprint density at radius 3 is 3.09 bits per heavy atom. The van der Waals surface area contributed by atoms with E-state index in [4.69, 9.17) is 5.41 Å². The first-order chi connectivity index (χ1) is 11.3. The molecule has 2 aliphatic rings. The number of nitrogens with zero attached hydrogens (tertiary/aromatic N) is 1. The highest BCUT2D eigenvalue weighted by atomic mass is 32.1. The highest BCUT2D eigenvalue weighted by Crippen LogP contribution is 2.30. The molecule has 120 valence electrons. The number of benzene rings is 1. The molecule has 4 nitrogen and oxygen atoms in total. The van der Waals surface area contributed by atoms with E-state index in [1.54, 1.807) is 11.3 Å². The van der Waals surface area contributed by atoms with Gasteiger partial charge >= 0.3 is 0 Å². The molecule has 1 aromatic carbocycles. The van der Waals surface area contributed by atoms with Crippen LogP contribution in [0, 0.1) is 5.41 Å². The molecule has 1 aromatic heterocycles. The first-order valence-corrected chi connectivity index (χ1v) is 9.01. The van der Waals surface area contributed by atoms with Crippen molar-refractivity contribution in [2.75, 3.05) is 18.5 Å². The van der Waals surface area contributed by atoms with Crippen LogP contribution >= 0.6 is 11.3 Å². The summed E-state index contributed by atoms with van der Waals surface area (Å²) in [5.74, 6) is 0. The number of fused-ring (bicyclic) bond motifs is 2. The summed E-state index contributed by atoms with van der Waals surface area (Å²) in [5, 5.41) is 23.5. The molecule has 0 bridgehead atoms. The molecule has 3 heterocycles. The SMILES string of the molecule is N=C1c2ccc(CN3CCC[C@H]3CO)cc2NCc2sccc21. The summed E-state index contributed by atoms with van der Waals surface area (Å²) in [6.07, 6.45) is 2.25. The standard InChI is InChI=1S/C18H21N3OS/c19-18-14-4-3-12(10-21-6-1-2-13(21)11-22)8-16(14)20-9-17-15(18)5-7-23-17/h3-5,7-8,13,19-20,22H,1-2,6,9-11H2/t13-/m0/s1. The van der Waals surface area contributed by atoms with Gasteiger partial charge in [-0.05, 0) is 42.5 Å². The molecular weight excluding hydrogens is 306 g/mol. The van der Waals surface area contributed by atoms with Crippen molar-refractivity contribution in [1.82, 2.24) is 4.90 Å². The predicted molar refractivity (Wildman–Crippen MR) is 94.5 cm³/mol. The fourth-order valence-electron chi connectivity index (χ4n) is 3.62. The van der Waals surface area contributed by atoms with Crippen molar-refractivity contribution in [2.45, 2.75) is 32.0 Å². The van der Waals surface area contributed by atoms with Crippen LogP contribution in [0.15, 0.2) is 29.6 Å². The van der Waals surface area contributed by atoms with Gasteiger partial charge in [-0.15, -0.1) is 11.3 Å². The van der Waals surface area contributed by atoms with Gasteiger partial charge in [0.05, 0.1) is 18.9 Å². The number of aliphatic hydroxyl groups excluding tert-OH is 1. The molecule has 2 aliphatic heterocycles. The second-order valence-electron chi connectivity index (χ2n) is 6.32. The number of hydrogen-bond donors (Lipinski definition) is 3. The largest absolute Gasteiger partial charge is 0.395 e. The normalized spacial score (nSPS) is 20.7. The van der Waals surface area contributed by atoms with E-state index in [-0.39, 0.29) is 6.61 Å². The number of rotatable bonds is 3. The van der Waals surface area contributed by atoms with Gasteiger partial charge in [-0.25, -0.2) is 0 Å². The summed E-state index contributed by atoms with van der Waals surface area (Å²) in [4.78, 5) is 3.59. The van der Waals surface area contributed by atoms with Crippen molar-refractivity contribution in [2.24, 2.45) is 0 Å². The third-order valence-corrected chi connectivity index (χ3v) is 5.82. The van der Waals surface area contributed by atoms with Crippen LogP contribution in [0.25, 0.3) is 0 Å². The van der Waals surface area contributed by atoms with E-state index in [0.29, 0.717) is 11.8 Å². The average molecular weight is 327 g/mol. The summed E-state index contributed by atoms with van der Waals surface area (Å²) in [6, 6.07) is 8.71. The summed E-state index contributed by atoms with van der Waals surface area (Å²) >= 11 is 1.71. The average Bonchev–Trinajstić information content (AvgIpc) is 3.18. The number of aliphatic hydroxyl groups is 1. The van der Waals surface area contributed by atoms with Crippen LogP contribution in [-0.4, -0.2) is 34.9 Å². The maximum Gasteiger partial charge on any atom is 0.0717 e. The molecule has 0 aliphatic carbocycles.